The van der Waals surface area contributed by atoms with E-state index in [1.165, 1.54) is 12.1 Å². The molecule has 0 aliphatic heterocycles. The van der Waals surface area contributed by atoms with Gasteiger partial charge in [-0.2, -0.15) is 0 Å². The highest BCUT2D eigenvalue weighted by molar-refractivity contribution is 8.00. The van der Waals surface area contributed by atoms with Gasteiger partial charge < -0.3 is 5.11 Å². The van der Waals surface area contributed by atoms with Crippen LogP contribution < -0.4 is 0 Å². The fourth-order valence-corrected chi connectivity index (χ4v) is 3.66. The second-order valence-electron chi connectivity index (χ2n) is 3.81. The Kier molecular flexibility index (Phi) is 4.97. The van der Waals surface area contributed by atoms with Crippen LogP contribution in [0.1, 0.15) is 18.6 Å². The fraction of sp³-hybridized carbons (Fsp3) is 0.455. The molecule has 1 atom stereocenters. The normalized spacial score (nSPS) is 13.6. The molecule has 17 heavy (non-hydrogen) atoms. The molecule has 0 saturated carbocycles. The monoisotopic (exact) mass is 278 g/mol. The maximum Gasteiger partial charge on any atom is 0.148 e. The summed E-state index contributed by atoms with van der Waals surface area (Å²) in [5.74, 6) is -0.160. The molecule has 0 heterocycles. The standard InChI is InChI=1S/C11H15FO3S2/c1-8(13)9-4-3-5-10(12)11(9)16-6-7-17(2,14)15/h3-5,8,13H,6-7H2,1-2H3. The molecule has 0 bridgehead atoms. The zero-order valence-electron chi connectivity index (χ0n) is 9.68. The highest BCUT2D eigenvalue weighted by Crippen LogP contribution is 2.30. The van der Waals surface area contributed by atoms with Crippen LogP contribution in [0.3, 0.4) is 0 Å². The van der Waals surface area contributed by atoms with Gasteiger partial charge in [0.25, 0.3) is 0 Å². The Morgan fingerprint density at radius 3 is 2.65 bits per heavy atom. The van der Waals surface area contributed by atoms with Crippen LogP contribution in [0.5, 0.6) is 0 Å². The Morgan fingerprint density at radius 2 is 2.12 bits per heavy atom. The lowest BCUT2D eigenvalue weighted by Gasteiger charge is -2.12. The SMILES string of the molecule is CC(O)c1cccc(F)c1SCCS(C)(=O)=O. The topological polar surface area (TPSA) is 54.4 Å². The van der Waals surface area contributed by atoms with E-state index < -0.39 is 21.8 Å². The van der Waals surface area contributed by atoms with Gasteiger partial charge in [0.1, 0.15) is 15.7 Å². The molecular weight excluding hydrogens is 263 g/mol. The van der Waals surface area contributed by atoms with Crippen molar-refractivity contribution in [3.8, 4) is 0 Å². The molecule has 3 nitrogen and oxygen atoms in total. The maximum absolute atomic E-state index is 13.5. The molecule has 0 amide bonds. The van der Waals surface area contributed by atoms with Crippen molar-refractivity contribution in [1.29, 1.82) is 0 Å². The number of hydrogen-bond donors (Lipinski definition) is 1. The molecule has 1 N–H and O–H groups in total. The molecule has 1 aromatic carbocycles. The van der Waals surface area contributed by atoms with Gasteiger partial charge in [0.05, 0.1) is 11.9 Å². The molecule has 0 aliphatic carbocycles. The van der Waals surface area contributed by atoms with E-state index in [1.807, 2.05) is 0 Å². The van der Waals surface area contributed by atoms with Gasteiger partial charge in [-0.1, -0.05) is 12.1 Å². The van der Waals surface area contributed by atoms with Crippen LogP contribution in [-0.2, 0) is 9.84 Å². The van der Waals surface area contributed by atoms with Crippen molar-refractivity contribution in [2.75, 3.05) is 17.8 Å². The van der Waals surface area contributed by atoms with E-state index in [4.69, 9.17) is 0 Å². The molecule has 1 aromatic rings. The predicted octanol–water partition coefficient (Wildman–Crippen LogP) is 2.02. The van der Waals surface area contributed by atoms with Gasteiger partial charge in [0.15, 0.2) is 0 Å². The number of aliphatic hydroxyl groups excluding tert-OH is 1. The van der Waals surface area contributed by atoms with Gasteiger partial charge in [0, 0.05) is 16.9 Å². The summed E-state index contributed by atoms with van der Waals surface area (Å²) in [5.41, 5.74) is 0.489. The van der Waals surface area contributed by atoms with Crippen LogP contribution in [-0.4, -0.2) is 31.3 Å². The zero-order chi connectivity index (χ0) is 13.1. The number of sulfone groups is 1. The third-order valence-electron chi connectivity index (χ3n) is 2.15. The molecular formula is C11H15FO3S2. The summed E-state index contributed by atoms with van der Waals surface area (Å²) < 4.78 is 35.5. The first-order valence-electron chi connectivity index (χ1n) is 5.08. The van der Waals surface area contributed by atoms with E-state index in [0.717, 1.165) is 18.0 Å². The average Bonchev–Trinajstić information content (AvgIpc) is 2.18. The van der Waals surface area contributed by atoms with Crippen molar-refractivity contribution in [3.63, 3.8) is 0 Å². The lowest BCUT2D eigenvalue weighted by molar-refractivity contribution is 0.195. The Balaban J connectivity index is 2.83. The molecule has 0 aliphatic rings. The van der Waals surface area contributed by atoms with Crippen molar-refractivity contribution in [1.82, 2.24) is 0 Å². The van der Waals surface area contributed by atoms with Crippen LogP contribution in [0.25, 0.3) is 0 Å². The third-order valence-corrected chi connectivity index (χ3v) is 4.48. The van der Waals surface area contributed by atoms with Crippen LogP contribution >= 0.6 is 11.8 Å². The third kappa shape index (κ3) is 4.65. The molecule has 1 rings (SSSR count). The summed E-state index contributed by atoms with van der Waals surface area (Å²) in [4.78, 5) is 0.325. The van der Waals surface area contributed by atoms with Crippen molar-refractivity contribution < 1.29 is 17.9 Å². The Hall–Kier alpha value is -0.590. The number of hydrogen-bond acceptors (Lipinski definition) is 4. The minimum atomic E-state index is -3.05. The summed E-state index contributed by atoms with van der Waals surface area (Å²) >= 11 is 1.11. The van der Waals surface area contributed by atoms with E-state index in [-0.39, 0.29) is 11.5 Å². The number of rotatable bonds is 5. The predicted molar refractivity (Wildman–Crippen MR) is 67.5 cm³/mol. The minimum Gasteiger partial charge on any atom is -0.389 e. The first-order chi connectivity index (χ1) is 7.81. The first-order valence-corrected chi connectivity index (χ1v) is 8.13. The molecule has 96 valence electrons. The Labute approximate surface area is 105 Å². The molecule has 1 unspecified atom stereocenters. The largest absolute Gasteiger partial charge is 0.389 e. The first kappa shape index (κ1) is 14.5. The zero-order valence-corrected chi connectivity index (χ0v) is 11.3. The van der Waals surface area contributed by atoms with Gasteiger partial charge in [-0.3, -0.25) is 0 Å². The molecule has 0 fully saturated rings. The molecule has 0 saturated heterocycles. The summed E-state index contributed by atoms with van der Waals surface area (Å²) in [7, 11) is -3.05. The Morgan fingerprint density at radius 1 is 1.47 bits per heavy atom. The van der Waals surface area contributed by atoms with Gasteiger partial charge >= 0.3 is 0 Å². The van der Waals surface area contributed by atoms with E-state index in [2.05, 4.69) is 0 Å². The van der Waals surface area contributed by atoms with Crippen molar-refractivity contribution in [2.24, 2.45) is 0 Å². The summed E-state index contributed by atoms with van der Waals surface area (Å²) in [5, 5.41) is 9.49. The van der Waals surface area contributed by atoms with E-state index in [0.29, 0.717) is 10.5 Å². The van der Waals surface area contributed by atoms with E-state index in [1.54, 1.807) is 13.0 Å². The maximum atomic E-state index is 13.5. The second-order valence-corrected chi connectivity index (χ2v) is 7.18. The highest BCUT2D eigenvalue weighted by Gasteiger charge is 2.13. The molecule has 0 spiro atoms. The number of halogens is 1. The van der Waals surface area contributed by atoms with Gasteiger partial charge in [-0.25, -0.2) is 12.8 Å². The van der Waals surface area contributed by atoms with Crippen molar-refractivity contribution in [2.45, 2.75) is 17.9 Å². The lowest BCUT2D eigenvalue weighted by atomic mass is 10.1. The van der Waals surface area contributed by atoms with Crippen LogP contribution in [0, 0.1) is 5.82 Å². The smallest absolute Gasteiger partial charge is 0.148 e. The number of thioether (sulfide) groups is 1. The molecule has 0 aromatic heterocycles. The number of aliphatic hydroxyl groups is 1. The lowest BCUT2D eigenvalue weighted by Crippen LogP contribution is -2.06. The summed E-state index contributed by atoms with van der Waals surface area (Å²) in [6, 6.07) is 4.46. The quantitative estimate of drug-likeness (QED) is 0.837. The highest BCUT2D eigenvalue weighted by atomic mass is 32.2. The summed E-state index contributed by atoms with van der Waals surface area (Å²) in [6.45, 7) is 1.55. The second kappa shape index (κ2) is 5.84. The molecule has 0 radical (unpaired) electrons. The van der Waals surface area contributed by atoms with Gasteiger partial charge in [-0.05, 0) is 18.6 Å². The fourth-order valence-electron chi connectivity index (χ4n) is 1.30. The molecule has 6 heteroatoms. The Bertz CT molecular complexity index is 483. The van der Waals surface area contributed by atoms with E-state index in [9.17, 15) is 17.9 Å². The van der Waals surface area contributed by atoms with Crippen molar-refractivity contribution >= 4 is 21.6 Å². The minimum absolute atomic E-state index is 0.00868. The summed E-state index contributed by atoms with van der Waals surface area (Å²) in [6.07, 6.45) is 0.372. The van der Waals surface area contributed by atoms with Crippen LogP contribution in [0.15, 0.2) is 23.1 Å². The van der Waals surface area contributed by atoms with Gasteiger partial charge in [-0.15, -0.1) is 11.8 Å². The van der Waals surface area contributed by atoms with Crippen LogP contribution in [0.2, 0.25) is 0 Å². The van der Waals surface area contributed by atoms with Crippen LogP contribution in [0.4, 0.5) is 4.39 Å². The average molecular weight is 278 g/mol. The van der Waals surface area contributed by atoms with Crippen molar-refractivity contribution in [3.05, 3.63) is 29.6 Å². The van der Waals surface area contributed by atoms with E-state index >= 15 is 0 Å². The van der Waals surface area contributed by atoms with Gasteiger partial charge in [0.2, 0.25) is 0 Å². The number of benzene rings is 1.